The molecule has 0 bridgehead atoms. The number of carbonyl (C=O) groups excluding carboxylic acids is 1. The average molecular weight is 284 g/mol. The van der Waals surface area contributed by atoms with Crippen LogP contribution in [0.2, 0.25) is 0 Å². The van der Waals surface area contributed by atoms with Gasteiger partial charge in [0.2, 0.25) is 6.20 Å². The maximum atomic E-state index is 11.6. The van der Waals surface area contributed by atoms with E-state index in [9.17, 15) is 10.0 Å². The van der Waals surface area contributed by atoms with Crippen molar-refractivity contribution in [3.63, 3.8) is 0 Å². The molecule has 2 aromatic heterocycles. The van der Waals surface area contributed by atoms with Crippen LogP contribution in [0.5, 0.6) is 0 Å². The second-order valence-corrected chi connectivity index (χ2v) is 4.51. The second-order valence-electron chi connectivity index (χ2n) is 4.51. The molecule has 21 heavy (non-hydrogen) atoms. The highest BCUT2D eigenvalue weighted by atomic mass is 16.5. The van der Waals surface area contributed by atoms with E-state index in [1.54, 1.807) is 49.6 Å². The molecule has 0 saturated carbocycles. The van der Waals surface area contributed by atoms with Crippen molar-refractivity contribution in [2.24, 2.45) is 0 Å². The molecule has 0 fully saturated rings. The summed E-state index contributed by atoms with van der Waals surface area (Å²) in [6.07, 6.45) is 3.08. The van der Waals surface area contributed by atoms with Gasteiger partial charge in [0.25, 0.3) is 5.69 Å². The van der Waals surface area contributed by atoms with Gasteiger partial charge in [-0.05, 0) is 37.3 Å². The lowest BCUT2D eigenvalue weighted by atomic mass is 10.1. The van der Waals surface area contributed by atoms with E-state index in [-0.39, 0.29) is 5.97 Å². The maximum absolute atomic E-state index is 11.6. The molecule has 0 aliphatic heterocycles. The first-order valence-corrected chi connectivity index (χ1v) is 6.59. The van der Waals surface area contributed by atoms with E-state index >= 15 is 0 Å². The smallest absolute Gasteiger partial charge is 0.338 e. The van der Waals surface area contributed by atoms with Gasteiger partial charge in [0, 0.05) is 4.73 Å². The number of hydrogen-bond donors (Lipinski definition) is 1. The van der Waals surface area contributed by atoms with E-state index < -0.39 is 0 Å². The lowest BCUT2D eigenvalue weighted by Crippen LogP contribution is -2.32. The lowest BCUT2D eigenvalue weighted by Gasteiger charge is -2.03. The van der Waals surface area contributed by atoms with Crippen LogP contribution in [0.1, 0.15) is 17.3 Å². The minimum Gasteiger partial charge on any atom is -0.464 e. The van der Waals surface area contributed by atoms with Crippen LogP contribution in [-0.2, 0) is 4.74 Å². The Morgan fingerprint density at radius 1 is 1.24 bits per heavy atom. The van der Waals surface area contributed by atoms with Gasteiger partial charge in [-0.2, -0.15) is 0 Å². The third kappa shape index (κ3) is 2.33. The molecule has 3 rings (SSSR count). The first-order chi connectivity index (χ1) is 10.2. The number of esters is 1. The lowest BCUT2D eigenvalue weighted by molar-refractivity contribution is -0.895. The van der Waals surface area contributed by atoms with Crippen LogP contribution in [0.3, 0.4) is 0 Å². The molecule has 2 heterocycles. The quantitative estimate of drug-likeness (QED) is 0.456. The van der Waals surface area contributed by atoms with Crippen molar-refractivity contribution in [1.82, 2.24) is 0 Å². The first kappa shape index (κ1) is 13.2. The van der Waals surface area contributed by atoms with Gasteiger partial charge in [0.05, 0.1) is 35.4 Å². The third-order valence-corrected chi connectivity index (χ3v) is 3.22. The van der Waals surface area contributed by atoms with E-state index in [0.717, 1.165) is 15.7 Å². The van der Waals surface area contributed by atoms with E-state index in [1.165, 1.54) is 6.20 Å². The van der Waals surface area contributed by atoms with E-state index in [0.29, 0.717) is 23.4 Å². The number of carbonyl (C=O) groups is 1. The van der Waals surface area contributed by atoms with Gasteiger partial charge in [0.1, 0.15) is 5.58 Å². The van der Waals surface area contributed by atoms with Crippen molar-refractivity contribution in [1.29, 1.82) is 0 Å². The summed E-state index contributed by atoms with van der Waals surface area (Å²) in [4.78, 5) is 11.6. The zero-order valence-corrected chi connectivity index (χ0v) is 11.4. The largest absolute Gasteiger partial charge is 0.464 e. The number of rotatable bonds is 3. The molecule has 0 aliphatic rings. The summed E-state index contributed by atoms with van der Waals surface area (Å²) in [6, 6.07) is 10.3. The molecule has 0 unspecified atom stereocenters. The van der Waals surface area contributed by atoms with Gasteiger partial charge in [-0.25, -0.2) is 4.79 Å². The molecule has 5 nitrogen and oxygen atoms in total. The number of pyridine rings is 1. The highest BCUT2D eigenvalue weighted by molar-refractivity contribution is 5.92. The molecule has 0 aliphatic carbocycles. The number of furan rings is 1. The number of hydrogen-bond acceptors (Lipinski definition) is 4. The molecular weight excluding hydrogens is 270 g/mol. The van der Waals surface area contributed by atoms with Crippen LogP contribution in [0.25, 0.3) is 22.2 Å². The molecular formula is C16H14NO4+. The fourth-order valence-electron chi connectivity index (χ4n) is 2.25. The predicted octanol–water partition coefficient (Wildman–Crippen LogP) is 2.80. The summed E-state index contributed by atoms with van der Waals surface area (Å²) in [5.41, 5.74) is 2.54. The minimum atomic E-state index is -0.359. The minimum absolute atomic E-state index is 0.339. The predicted molar refractivity (Wildman–Crippen MR) is 75.0 cm³/mol. The van der Waals surface area contributed by atoms with E-state index in [1.807, 2.05) is 0 Å². The maximum Gasteiger partial charge on any atom is 0.338 e. The highest BCUT2D eigenvalue weighted by Gasteiger charge is 2.19. The Hall–Kier alpha value is -2.82. The van der Waals surface area contributed by atoms with E-state index in [2.05, 4.69) is 0 Å². The van der Waals surface area contributed by atoms with Crippen molar-refractivity contribution >= 4 is 16.9 Å². The third-order valence-electron chi connectivity index (χ3n) is 3.22. The van der Waals surface area contributed by atoms with Crippen LogP contribution < -0.4 is 4.73 Å². The van der Waals surface area contributed by atoms with Crippen molar-refractivity contribution in [2.45, 2.75) is 6.92 Å². The van der Waals surface area contributed by atoms with Crippen molar-refractivity contribution in [3.8, 4) is 11.3 Å². The monoisotopic (exact) mass is 284 g/mol. The Morgan fingerprint density at radius 2 is 2.00 bits per heavy atom. The summed E-state index contributed by atoms with van der Waals surface area (Å²) in [7, 11) is 0. The summed E-state index contributed by atoms with van der Waals surface area (Å²) in [5, 5.41) is 10.8. The van der Waals surface area contributed by atoms with Crippen LogP contribution in [0, 0.1) is 0 Å². The molecule has 0 atom stereocenters. The SMILES string of the molecule is CCOC(=O)c1ccc(-c2c3ccoc3cc[n+]2O)cc1. The Labute approximate surface area is 121 Å². The molecule has 0 radical (unpaired) electrons. The summed E-state index contributed by atoms with van der Waals surface area (Å²) in [6.45, 7) is 2.10. The fourth-order valence-corrected chi connectivity index (χ4v) is 2.25. The molecule has 1 N–H and O–H groups in total. The Kier molecular flexibility index (Phi) is 3.31. The average Bonchev–Trinajstić information content (AvgIpc) is 2.96. The van der Waals surface area contributed by atoms with E-state index in [4.69, 9.17) is 9.15 Å². The molecule has 3 aromatic rings. The summed E-state index contributed by atoms with van der Waals surface area (Å²) < 4.78 is 11.3. The highest BCUT2D eigenvalue weighted by Crippen LogP contribution is 2.26. The number of fused-ring (bicyclic) bond motifs is 1. The van der Waals surface area contributed by atoms with Gasteiger partial charge in [0.15, 0.2) is 0 Å². The molecule has 1 aromatic carbocycles. The zero-order chi connectivity index (χ0) is 14.8. The van der Waals surface area contributed by atoms with Gasteiger partial charge in [-0.15, -0.1) is 0 Å². The second kappa shape index (κ2) is 5.28. The summed E-state index contributed by atoms with van der Waals surface area (Å²) >= 11 is 0. The summed E-state index contributed by atoms with van der Waals surface area (Å²) in [5.74, 6) is -0.359. The molecule has 0 amide bonds. The van der Waals surface area contributed by atoms with Crippen molar-refractivity contribution < 1.29 is 23.9 Å². The Bertz CT molecular complexity index is 790. The molecule has 0 saturated heterocycles. The molecule has 0 spiro atoms. The van der Waals surface area contributed by atoms with Crippen LogP contribution in [-0.4, -0.2) is 17.8 Å². The standard InChI is InChI=1S/C16H14NO4/c1-2-20-16(18)12-5-3-11(4-6-12)15-13-8-10-21-14(13)7-9-17(15)19/h3-10,19H,2H2,1H3/q+1. The van der Waals surface area contributed by atoms with Crippen molar-refractivity contribution in [2.75, 3.05) is 6.61 Å². The number of aromatic nitrogens is 1. The van der Waals surface area contributed by atoms with Crippen LogP contribution in [0.4, 0.5) is 0 Å². The first-order valence-electron chi connectivity index (χ1n) is 6.59. The molecule has 5 heteroatoms. The topological polar surface area (TPSA) is 63.5 Å². The number of nitrogens with zero attached hydrogens (tertiary/aromatic N) is 1. The normalized spacial score (nSPS) is 10.7. The number of ether oxygens (including phenoxy) is 1. The zero-order valence-electron chi connectivity index (χ0n) is 11.4. The van der Waals surface area contributed by atoms with Gasteiger partial charge in [-0.3, -0.25) is 5.21 Å². The van der Waals surface area contributed by atoms with Gasteiger partial charge >= 0.3 is 5.97 Å². The van der Waals surface area contributed by atoms with Crippen LogP contribution >= 0.6 is 0 Å². The van der Waals surface area contributed by atoms with Gasteiger partial charge in [-0.1, -0.05) is 0 Å². The number of benzene rings is 1. The molecule has 106 valence electrons. The fraction of sp³-hybridized carbons (Fsp3) is 0.125. The van der Waals surface area contributed by atoms with Crippen LogP contribution in [0.15, 0.2) is 53.3 Å². The van der Waals surface area contributed by atoms with Gasteiger partial charge < -0.3 is 9.15 Å². The Balaban J connectivity index is 2.05. The van der Waals surface area contributed by atoms with Crippen molar-refractivity contribution in [3.05, 3.63) is 54.4 Å². The Morgan fingerprint density at radius 3 is 2.71 bits per heavy atom.